The number of hydrogen-bond acceptors (Lipinski definition) is 6. The van der Waals surface area contributed by atoms with Gasteiger partial charge < -0.3 is 4.74 Å². The molecule has 0 amide bonds. The van der Waals surface area contributed by atoms with Crippen molar-refractivity contribution in [2.45, 2.75) is 105 Å². The first kappa shape index (κ1) is 28.3. The predicted octanol–water partition coefficient (Wildman–Crippen LogP) is 5.94. The van der Waals surface area contributed by atoms with Gasteiger partial charge in [0, 0.05) is 6.42 Å². The number of methoxy groups -OCH3 is 1. The Morgan fingerprint density at radius 2 is 1.71 bits per heavy atom. The van der Waals surface area contributed by atoms with Crippen LogP contribution in [0.2, 0.25) is 0 Å². The van der Waals surface area contributed by atoms with Crippen LogP contribution in [-0.2, 0) is 28.9 Å². The van der Waals surface area contributed by atoms with Crippen LogP contribution in [0.3, 0.4) is 0 Å². The van der Waals surface area contributed by atoms with E-state index in [0.29, 0.717) is 30.6 Å². The van der Waals surface area contributed by atoms with E-state index in [1.165, 1.54) is 13.5 Å². The molecule has 8 heteroatoms. The van der Waals surface area contributed by atoms with Gasteiger partial charge in [0.2, 0.25) is 0 Å². The first-order valence-corrected chi connectivity index (χ1v) is 15.9. The summed E-state index contributed by atoms with van der Waals surface area (Å²) in [6, 6.07) is 0. The summed E-state index contributed by atoms with van der Waals surface area (Å²) in [7, 11) is -3.32. The Bertz CT molecular complexity index is 1140. The maximum atomic E-state index is 13.0. The number of fused-ring (bicyclic) bond motifs is 2. The van der Waals surface area contributed by atoms with Crippen molar-refractivity contribution in [3.63, 3.8) is 0 Å². The van der Waals surface area contributed by atoms with Crippen LogP contribution in [0.4, 0.5) is 0 Å². The second kappa shape index (κ2) is 9.13. The molecule has 0 bridgehead atoms. The summed E-state index contributed by atoms with van der Waals surface area (Å²) >= 11 is 0. The first-order valence-electron chi connectivity index (χ1n) is 14.6. The molecule has 38 heavy (non-hydrogen) atoms. The quantitative estimate of drug-likeness (QED) is 0.238. The van der Waals surface area contributed by atoms with Gasteiger partial charge in [0.05, 0.1) is 19.1 Å². The van der Waals surface area contributed by atoms with Crippen LogP contribution in [0.5, 0.6) is 0 Å². The highest BCUT2D eigenvalue weighted by atomic mass is 32.3. The molecule has 0 radical (unpaired) electrons. The molecule has 5 fully saturated rings. The van der Waals surface area contributed by atoms with Crippen molar-refractivity contribution in [1.29, 1.82) is 0 Å². The SMILES string of the molecule is COC(=O)C1C(OS(=O)(=O)O)CCC23CC24CCC2(C)C(C(C)CC(=O)C=C(C)C)CCC2(C)C4CCC13. The number of allylic oxidation sites excluding steroid dienone is 2. The zero-order valence-corrected chi connectivity index (χ0v) is 24.7. The van der Waals surface area contributed by atoms with Crippen molar-refractivity contribution in [3.05, 3.63) is 11.6 Å². The number of ether oxygens (including phenoxy) is 1. The predicted molar refractivity (Wildman–Crippen MR) is 143 cm³/mol. The van der Waals surface area contributed by atoms with E-state index in [1.807, 2.05) is 13.8 Å². The third-order valence-electron chi connectivity index (χ3n) is 12.7. The Hall–Kier alpha value is -1.25. The van der Waals surface area contributed by atoms with E-state index in [-0.39, 0.29) is 33.4 Å². The van der Waals surface area contributed by atoms with E-state index in [4.69, 9.17) is 8.92 Å². The Morgan fingerprint density at radius 1 is 1.00 bits per heavy atom. The molecule has 0 aromatic rings. The molecule has 0 aromatic carbocycles. The second-order valence-electron chi connectivity index (χ2n) is 14.2. The van der Waals surface area contributed by atoms with Gasteiger partial charge in [0.1, 0.15) is 0 Å². The molecular weight excluding hydrogens is 504 g/mol. The molecule has 5 rings (SSSR count). The van der Waals surface area contributed by atoms with Crippen LogP contribution >= 0.6 is 0 Å². The molecule has 0 aliphatic heterocycles. The number of ketones is 1. The first-order chi connectivity index (χ1) is 17.6. The van der Waals surface area contributed by atoms with E-state index in [1.54, 1.807) is 6.08 Å². The summed E-state index contributed by atoms with van der Waals surface area (Å²) in [4.78, 5) is 25.6. The fraction of sp³-hybridized carbons (Fsp3) is 0.867. The molecule has 5 saturated carbocycles. The van der Waals surface area contributed by atoms with Gasteiger partial charge in [-0.05, 0) is 123 Å². The van der Waals surface area contributed by atoms with Crippen molar-refractivity contribution in [2.24, 2.45) is 51.2 Å². The summed E-state index contributed by atoms with van der Waals surface area (Å²) in [5, 5.41) is 0. The van der Waals surface area contributed by atoms with Gasteiger partial charge in [-0.1, -0.05) is 26.3 Å². The fourth-order valence-electron chi connectivity index (χ4n) is 11.2. The molecule has 7 nitrogen and oxygen atoms in total. The molecule has 5 aliphatic carbocycles. The van der Waals surface area contributed by atoms with Gasteiger partial charge in [0.25, 0.3) is 0 Å². The normalized spacial score (nSPS) is 46.0. The standard InChI is InChI=1S/C30H46O7S/c1-18(2)15-20(31)16-19(3)21-9-11-28(5)24-8-7-22-25(26(32)36-6)23(37-38(33,34)35)10-12-29(22)17-30(24,29)14-13-27(21,28)4/h15,19,21-25H,7-14,16-17H2,1-6H3,(H,33,34,35). The fourth-order valence-corrected chi connectivity index (χ4v) is 11.7. The molecular formula is C30H46O7S. The van der Waals surface area contributed by atoms with Crippen molar-refractivity contribution in [2.75, 3.05) is 7.11 Å². The number of carbonyl (C=O) groups excluding carboxylic acids is 2. The van der Waals surface area contributed by atoms with Crippen LogP contribution in [0, 0.1) is 51.2 Å². The minimum absolute atomic E-state index is 0.0115. The Balaban J connectivity index is 1.41. The lowest BCUT2D eigenvalue weighted by molar-refractivity contribution is -0.169. The van der Waals surface area contributed by atoms with Crippen molar-refractivity contribution in [1.82, 2.24) is 0 Å². The third kappa shape index (κ3) is 3.98. The average Bonchev–Trinajstić information content (AvgIpc) is 3.39. The minimum atomic E-state index is -4.66. The lowest BCUT2D eigenvalue weighted by atomic mass is 9.42. The number of esters is 1. The molecule has 0 aromatic heterocycles. The van der Waals surface area contributed by atoms with Gasteiger partial charge in [0.15, 0.2) is 5.78 Å². The Morgan fingerprint density at radius 3 is 2.34 bits per heavy atom. The average molecular weight is 551 g/mol. The molecule has 0 saturated heterocycles. The van der Waals surface area contributed by atoms with Crippen LogP contribution in [0.15, 0.2) is 11.6 Å². The summed E-state index contributed by atoms with van der Waals surface area (Å²) < 4.78 is 42.8. The van der Waals surface area contributed by atoms with E-state index >= 15 is 0 Å². The molecule has 2 spiro atoms. The van der Waals surface area contributed by atoms with E-state index < -0.39 is 28.4 Å². The zero-order chi connectivity index (χ0) is 27.9. The van der Waals surface area contributed by atoms with E-state index in [9.17, 15) is 22.6 Å². The smallest absolute Gasteiger partial charge is 0.397 e. The van der Waals surface area contributed by atoms with Crippen LogP contribution < -0.4 is 0 Å². The largest absolute Gasteiger partial charge is 0.469 e. The molecule has 0 heterocycles. The topological polar surface area (TPSA) is 107 Å². The third-order valence-corrected chi connectivity index (χ3v) is 13.2. The van der Waals surface area contributed by atoms with Gasteiger partial charge in [-0.15, -0.1) is 0 Å². The van der Waals surface area contributed by atoms with Crippen LogP contribution in [-0.4, -0.2) is 37.9 Å². The maximum Gasteiger partial charge on any atom is 0.397 e. The second-order valence-corrected chi connectivity index (χ2v) is 15.3. The van der Waals surface area contributed by atoms with Crippen LogP contribution in [0.25, 0.3) is 0 Å². The summed E-state index contributed by atoms with van der Waals surface area (Å²) in [5.74, 6) is 0.584. The highest BCUT2D eigenvalue weighted by molar-refractivity contribution is 7.80. The number of rotatable bonds is 7. The number of hydrogen-bond donors (Lipinski definition) is 1. The van der Waals surface area contributed by atoms with Gasteiger partial charge in [-0.2, -0.15) is 8.42 Å². The van der Waals surface area contributed by atoms with E-state index in [2.05, 4.69) is 20.8 Å². The summed E-state index contributed by atoms with van der Waals surface area (Å²) in [5.41, 5.74) is 1.61. The van der Waals surface area contributed by atoms with Gasteiger partial charge in [-0.25, -0.2) is 4.18 Å². The lowest BCUT2D eigenvalue weighted by Gasteiger charge is -2.62. The lowest BCUT2D eigenvalue weighted by Crippen LogP contribution is -2.57. The zero-order valence-electron chi connectivity index (χ0n) is 23.9. The maximum absolute atomic E-state index is 13.0. The highest BCUT2D eigenvalue weighted by Crippen LogP contribution is 2.88. The summed E-state index contributed by atoms with van der Waals surface area (Å²) in [6.45, 7) is 11.2. The van der Waals surface area contributed by atoms with Gasteiger partial charge in [-0.3, -0.25) is 14.1 Å². The van der Waals surface area contributed by atoms with E-state index in [0.717, 1.165) is 50.5 Å². The highest BCUT2D eigenvalue weighted by Gasteiger charge is 2.82. The molecule has 214 valence electrons. The molecule has 5 aliphatic rings. The Labute approximate surface area is 228 Å². The van der Waals surface area contributed by atoms with Crippen molar-refractivity contribution < 1.29 is 31.5 Å². The molecule has 10 unspecified atom stereocenters. The van der Waals surface area contributed by atoms with Gasteiger partial charge >= 0.3 is 16.4 Å². The monoisotopic (exact) mass is 550 g/mol. The van der Waals surface area contributed by atoms with Crippen molar-refractivity contribution in [3.8, 4) is 0 Å². The Kier molecular flexibility index (Phi) is 6.80. The summed E-state index contributed by atoms with van der Waals surface area (Å²) in [6.07, 6.45) is 10.3. The van der Waals surface area contributed by atoms with Crippen molar-refractivity contribution >= 4 is 22.2 Å². The molecule has 10 atom stereocenters. The minimum Gasteiger partial charge on any atom is -0.469 e. The number of carbonyl (C=O) groups is 2. The molecule has 1 N–H and O–H groups in total. The van der Waals surface area contributed by atoms with Crippen LogP contribution in [0.1, 0.15) is 98.8 Å².